The highest BCUT2D eigenvalue weighted by molar-refractivity contribution is 7.00. The van der Waals surface area contributed by atoms with Gasteiger partial charge in [0.15, 0.2) is 5.69 Å². The van der Waals surface area contributed by atoms with Gasteiger partial charge in [0, 0.05) is 34.1 Å². The van der Waals surface area contributed by atoms with Gasteiger partial charge in [0.25, 0.3) is 6.71 Å². The molecule has 8 rings (SSSR count). The van der Waals surface area contributed by atoms with Crippen LogP contribution in [0.15, 0.2) is 121 Å². The lowest BCUT2D eigenvalue weighted by Crippen LogP contribution is -2.61. The summed E-state index contributed by atoms with van der Waals surface area (Å²) in [6.45, 7) is 35.5. The standard InChI is InChI=1S/C53H56BN3/c1-50(2,3)36-17-23-41(24-18-36)56-45-27-21-38(52(7,8)9)32-43(45)54-44-33-39(53(10,11)12)22-28-46(44)57(42-25-19-37(20-26-42)51(4,5)6)48-31-35(30-47(56)49(48)54)34-15-14-16-40(29-34)55-13/h14-33H,1-12H3. The van der Waals surface area contributed by atoms with Gasteiger partial charge in [0.05, 0.1) is 6.57 Å². The van der Waals surface area contributed by atoms with Crippen molar-refractivity contribution in [1.29, 1.82) is 0 Å². The topological polar surface area (TPSA) is 10.8 Å². The van der Waals surface area contributed by atoms with Crippen LogP contribution in [-0.4, -0.2) is 6.71 Å². The molecule has 3 nitrogen and oxygen atoms in total. The molecule has 6 aromatic rings. The molecule has 2 aliphatic heterocycles. The highest BCUT2D eigenvalue weighted by Crippen LogP contribution is 2.47. The maximum Gasteiger partial charge on any atom is 0.252 e. The number of anilines is 6. The second-order valence-corrected chi connectivity index (χ2v) is 20.3. The van der Waals surface area contributed by atoms with Gasteiger partial charge in [-0.2, -0.15) is 0 Å². The fourth-order valence-corrected chi connectivity index (χ4v) is 8.64. The van der Waals surface area contributed by atoms with Gasteiger partial charge in [-0.1, -0.05) is 150 Å². The number of nitrogens with zero attached hydrogens (tertiary/aromatic N) is 3. The predicted octanol–water partition coefficient (Wildman–Crippen LogP) is 13.2. The third-order valence-corrected chi connectivity index (χ3v) is 12.1. The monoisotopic (exact) mass is 745 g/mol. The Bertz CT molecular complexity index is 2410. The van der Waals surface area contributed by atoms with Crippen molar-refractivity contribution in [3.8, 4) is 11.1 Å². The van der Waals surface area contributed by atoms with Gasteiger partial charge in [-0.15, -0.1) is 0 Å². The SMILES string of the molecule is [C-]#[N+]c1cccc(-c2cc3c4c(c2)N(c2ccc(C(C)(C)C)cc2)c2ccc(C(C)(C)C)cc2B4c2cc(C(C)(C)C)ccc2N3c2ccc(C(C)(C)C)cc2)c1. The highest BCUT2D eigenvalue weighted by Gasteiger charge is 2.44. The molecular weight excluding hydrogens is 689 g/mol. The third kappa shape index (κ3) is 6.76. The molecule has 286 valence electrons. The van der Waals surface area contributed by atoms with E-state index in [0.29, 0.717) is 5.69 Å². The number of fused-ring (bicyclic) bond motifs is 4. The zero-order chi connectivity index (χ0) is 40.8. The van der Waals surface area contributed by atoms with Crippen LogP contribution in [0.3, 0.4) is 0 Å². The van der Waals surface area contributed by atoms with Crippen LogP contribution in [-0.2, 0) is 21.7 Å². The molecule has 0 bridgehead atoms. The first-order chi connectivity index (χ1) is 26.7. The van der Waals surface area contributed by atoms with Gasteiger partial charge >= 0.3 is 0 Å². The summed E-state index contributed by atoms with van der Waals surface area (Å²) in [6, 6.07) is 45.7. The molecule has 0 saturated carbocycles. The van der Waals surface area contributed by atoms with Gasteiger partial charge in [0.1, 0.15) is 0 Å². The lowest BCUT2D eigenvalue weighted by molar-refractivity contribution is 0.590. The van der Waals surface area contributed by atoms with Crippen LogP contribution in [0.4, 0.5) is 39.8 Å². The average molecular weight is 746 g/mol. The Morgan fingerprint density at radius 2 is 0.825 bits per heavy atom. The van der Waals surface area contributed by atoms with Crippen molar-refractivity contribution in [2.24, 2.45) is 0 Å². The molecule has 2 heterocycles. The first-order valence-corrected chi connectivity index (χ1v) is 20.5. The zero-order valence-corrected chi connectivity index (χ0v) is 36.0. The lowest BCUT2D eigenvalue weighted by Gasteiger charge is -2.45. The van der Waals surface area contributed by atoms with Crippen molar-refractivity contribution < 1.29 is 0 Å². The molecule has 4 heteroatoms. The van der Waals surface area contributed by atoms with Crippen LogP contribution < -0.4 is 26.2 Å². The Kier molecular flexibility index (Phi) is 8.93. The Labute approximate surface area is 342 Å². The summed E-state index contributed by atoms with van der Waals surface area (Å²) in [5, 5.41) is 0. The molecule has 0 saturated heterocycles. The van der Waals surface area contributed by atoms with Crippen molar-refractivity contribution in [1.82, 2.24) is 0 Å². The first kappa shape index (κ1) is 38.4. The van der Waals surface area contributed by atoms with Crippen LogP contribution in [0.2, 0.25) is 0 Å². The summed E-state index contributed by atoms with van der Waals surface area (Å²) in [6.07, 6.45) is 0. The molecule has 0 atom stereocenters. The van der Waals surface area contributed by atoms with Crippen LogP contribution in [0, 0.1) is 6.57 Å². The van der Waals surface area contributed by atoms with Gasteiger partial charge in [-0.25, -0.2) is 4.85 Å². The average Bonchev–Trinajstić information content (AvgIpc) is 3.16. The van der Waals surface area contributed by atoms with E-state index < -0.39 is 0 Å². The molecule has 0 amide bonds. The molecule has 0 aliphatic carbocycles. The van der Waals surface area contributed by atoms with E-state index in [4.69, 9.17) is 6.57 Å². The van der Waals surface area contributed by atoms with Crippen molar-refractivity contribution in [2.45, 2.75) is 105 Å². The van der Waals surface area contributed by atoms with E-state index >= 15 is 0 Å². The van der Waals surface area contributed by atoms with Gasteiger partial charge < -0.3 is 9.80 Å². The quantitative estimate of drug-likeness (QED) is 0.132. The molecule has 0 aromatic heterocycles. The van der Waals surface area contributed by atoms with E-state index in [1.165, 1.54) is 61.4 Å². The minimum atomic E-state index is -0.0271. The Hall–Kier alpha value is -5.53. The number of benzene rings is 6. The lowest BCUT2D eigenvalue weighted by atomic mass is 9.33. The van der Waals surface area contributed by atoms with E-state index in [2.05, 4.69) is 201 Å². The van der Waals surface area contributed by atoms with E-state index in [-0.39, 0.29) is 28.4 Å². The summed E-state index contributed by atoms with van der Waals surface area (Å²) in [5.41, 5.74) is 19.0. The molecule has 2 aliphatic rings. The van der Waals surface area contributed by atoms with Gasteiger partial charge in [-0.3, -0.25) is 0 Å². The number of rotatable bonds is 3. The molecule has 0 radical (unpaired) electrons. The van der Waals surface area contributed by atoms with Crippen molar-refractivity contribution in [2.75, 3.05) is 9.80 Å². The normalized spacial score (nSPS) is 13.8. The van der Waals surface area contributed by atoms with E-state index in [1.54, 1.807) is 0 Å². The molecule has 0 N–H and O–H groups in total. The fourth-order valence-electron chi connectivity index (χ4n) is 8.64. The highest BCUT2D eigenvalue weighted by atomic mass is 15.2. The molecule has 6 aromatic carbocycles. The maximum atomic E-state index is 7.87. The number of hydrogen-bond acceptors (Lipinski definition) is 2. The fraction of sp³-hybridized carbons (Fsp3) is 0.302. The zero-order valence-electron chi connectivity index (χ0n) is 36.0. The summed E-state index contributed by atoms with van der Waals surface area (Å²) in [5.74, 6) is 0. The third-order valence-electron chi connectivity index (χ3n) is 12.1. The predicted molar refractivity (Wildman–Crippen MR) is 247 cm³/mol. The van der Waals surface area contributed by atoms with Gasteiger partial charge in [-0.05, 0) is 126 Å². The Balaban J connectivity index is 1.51. The second-order valence-electron chi connectivity index (χ2n) is 20.3. The van der Waals surface area contributed by atoms with Gasteiger partial charge in [0.2, 0.25) is 0 Å². The largest absolute Gasteiger partial charge is 0.311 e. The Morgan fingerprint density at radius 3 is 1.21 bits per heavy atom. The number of hydrogen-bond donors (Lipinski definition) is 0. The second kappa shape index (κ2) is 13.3. The van der Waals surface area contributed by atoms with E-state index in [1.807, 2.05) is 18.2 Å². The summed E-state index contributed by atoms with van der Waals surface area (Å²) in [7, 11) is 0. The van der Waals surface area contributed by atoms with Crippen LogP contribution >= 0.6 is 0 Å². The molecule has 0 spiro atoms. The van der Waals surface area contributed by atoms with E-state index in [9.17, 15) is 0 Å². The van der Waals surface area contributed by atoms with Crippen molar-refractivity contribution >= 4 is 62.9 Å². The van der Waals surface area contributed by atoms with Crippen LogP contribution in [0.25, 0.3) is 16.0 Å². The van der Waals surface area contributed by atoms with Crippen molar-refractivity contribution in [3.63, 3.8) is 0 Å². The minimum absolute atomic E-state index is 0.00317. The van der Waals surface area contributed by atoms with E-state index in [0.717, 1.165) is 22.5 Å². The van der Waals surface area contributed by atoms with Crippen LogP contribution in [0.1, 0.15) is 105 Å². The maximum absolute atomic E-state index is 7.87. The smallest absolute Gasteiger partial charge is 0.252 e. The Morgan fingerprint density at radius 1 is 0.421 bits per heavy atom. The first-order valence-electron chi connectivity index (χ1n) is 20.5. The molecule has 57 heavy (non-hydrogen) atoms. The minimum Gasteiger partial charge on any atom is -0.311 e. The summed E-state index contributed by atoms with van der Waals surface area (Å²) < 4.78 is 0. The van der Waals surface area contributed by atoms with Crippen molar-refractivity contribution in [3.05, 3.63) is 155 Å². The molecule has 0 fully saturated rings. The van der Waals surface area contributed by atoms with Crippen LogP contribution in [0.5, 0.6) is 0 Å². The summed E-state index contributed by atoms with van der Waals surface area (Å²) in [4.78, 5) is 8.85. The molecule has 0 unspecified atom stereocenters. The summed E-state index contributed by atoms with van der Waals surface area (Å²) >= 11 is 0. The molecular formula is C53H56BN3.